The van der Waals surface area contributed by atoms with Gasteiger partial charge in [0.15, 0.2) is 31.3 Å². The first-order valence-corrected chi connectivity index (χ1v) is 29.5. The molecule has 82 heavy (non-hydrogen) atoms. The molecular weight excluding hydrogens is 1080 g/mol. The van der Waals surface area contributed by atoms with Gasteiger partial charge in [-0.2, -0.15) is 0 Å². The predicted octanol–water partition coefficient (Wildman–Crippen LogP) is -2.30. The van der Waals surface area contributed by atoms with Crippen LogP contribution < -0.4 is 0 Å². The highest BCUT2D eigenvalue weighted by Crippen LogP contribution is 2.76. The average molecular weight is 1180 g/mol. The summed E-state index contributed by atoms with van der Waals surface area (Å²) in [5.41, 5.74) is -1.99. The van der Waals surface area contributed by atoms with Crippen molar-refractivity contribution < 1.29 is 124 Å². The molecule has 5 aliphatic carbocycles. The summed E-state index contributed by atoms with van der Waals surface area (Å²) in [4.78, 5) is 15.6. The van der Waals surface area contributed by atoms with Crippen molar-refractivity contribution in [2.75, 3.05) is 26.4 Å². The van der Waals surface area contributed by atoms with Crippen LogP contribution in [0.25, 0.3) is 0 Å². The molecule has 470 valence electrons. The quantitative estimate of drug-likeness (QED) is 0.0588. The van der Waals surface area contributed by atoms with E-state index in [1.165, 1.54) is 12.5 Å². The van der Waals surface area contributed by atoms with E-state index in [0.717, 1.165) is 12.8 Å². The van der Waals surface area contributed by atoms with Gasteiger partial charge in [0.2, 0.25) is 6.29 Å². The maximum Gasteiger partial charge on any atom is 0.315 e. The predicted molar refractivity (Wildman–Crippen MR) is 277 cm³/mol. The number of aliphatic hydroxyl groups excluding tert-OH is 14. The van der Waals surface area contributed by atoms with Gasteiger partial charge in [0.25, 0.3) is 0 Å². The summed E-state index contributed by atoms with van der Waals surface area (Å²) in [6, 6.07) is 0. The molecule has 5 saturated heterocycles. The topological polar surface area (TPSA) is 393 Å². The Bertz CT molecular complexity index is 2290. The molecule has 0 aromatic carbocycles. The lowest BCUT2D eigenvalue weighted by Gasteiger charge is -2.71. The van der Waals surface area contributed by atoms with Crippen LogP contribution in [0.1, 0.15) is 113 Å². The van der Waals surface area contributed by atoms with Crippen LogP contribution in [-0.2, 0) is 52.2 Å². The van der Waals surface area contributed by atoms with E-state index in [1.807, 2.05) is 0 Å². The lowest BCUT2D eigenvalue weighted by atomic mass is 9.33. The molecule has 9 fully saturated rings. The fourth-order valence-corrected chi connectivity index (χ4v) is 17.3. The summed E-state index contributed by atoms with van der Waals surface area (Å²) >= 11 is 0. The van der Waals surface area contributed by atoms with E-state index in [-0.39, 0.29) is 28.6 Å². The van der Waals surface area contributed by atoms with Crippen molar-refractivity contribution in [1.29, 1.82) is 0 Å². The molecule has 10 aliphatic rings. The molecule has 0 amide bonds. The molecule has 4 saturated carbocycles. The molecule has 0 spiro atoms. The maximum atomic E-state index is 15.6. The summed E-state index contributed by atoms with van der Waals surface area (Å²) in [7, 11) is 0. The Balaban J connectivity index is 0.907. The van der Waals surface area contributed by atoms with Crippen LogP contribution in [-0.4, -0.2) is 251 Å². The Hall–Kier alpha value is -1.71. The van der Waals surface area contributed by atoms with Crippen LogP contribution >= 0.6 is 0 Å². The Morgan fingerprint density at radius 3 is 1.73 bits per heavy atom. The molecule has 0 aromatic rings. The number of rotatable bonds is 11. The van der Waals surface area contributed by atoms with Crippen molar-refractivity contribution in [2.24, 2.45) is 50.2 Å². The van der Waals surface area contributed by atoms with Gasteiger partial charge in [-0.25, -0.2) is 0 Å². The minimum absolute atomic E-state index is 0.0164. The van der Waals surface area contributed by atoms with Gasteiger partial charge < -0.3 is 119 Å². The Kier molecular flexibility index (Phi) is 17.8. The Morgan fingerprint density at radius 2 is 1.10 bits per heavy atom. The second kappa shape index (κ2) is 23.0. The molecule has 14 N–H and O–H groups in total. The summed E-state index contributed by atoms with van der Waals surface area (Å²) in [6.45, 7) is 14.9. The largest absolute Gasteiger partial charge is 0.432 e. The molecule has 25 heteroatoms. The SMILES string of the molecule is C[C@@H]1O[C@@H](O[C@H]2[C@H](O[C@@H]3OC[C@@H](O)[C@@H](O)[C@@H]3O)[C@H](OC(=O)[C@]34CCC(C)(C)C[C@H]3C3=CC[C@@H]5[C@@]6(C)C[C@H](O)[C@H](O[C@@H]7O[C@H](CO)[C@@H](O)[C@H](O)[C@H]7O)C(C)(C)[C@@H]6CC[C@@]5(C)[C@]3(C)CC4)OC[C@H]2O)[C@H](O)[C@H](O)[C@H]1O[C@@H]1OC[C@@H](O)[C@H](O)[C@H]1O. The van der Waals surface area contributed by atoms with E-state index >= 15 is 4.79 Å². The number of esters is 1. The molecular formula is C57H92O25. The fourth-order valence-electron chi connectivity index (χ4n) is 17.3. The van der Waals surface area contributed by atoms with Gasteiger partial charge >= 0.3 is 5.97 Å². The molecule has 5 heterocycles. The van der Waals surface area contributed by atoms with E-state index in [2.05, 4.69) is 54.5 Å². The fraction of sp³-hybridized carbons (Fsp3) is 0.947. The van der Waals surface area contributed by atoms with Gasteiger partial charge in [-0.3, -0.25) is 4.79 Å². The third-order valence-corrected chi connectivity index (χ3v) is 22.3. The molecule has 25 nitrogen and oxygen atoms in total. The van der Waals surface area contributed by atoms with E-state index in [1.54, 1.807) is 0 Å². The monoisotopic (exact) mass is 1180 g/mol. The van der Waals surface area contributed by atoms with Crippen molar-refractivity contribution in [3.05, 3.63) is 11.6 Å². The maximum absolute atomic E-state index is 15.6. The van der Waals surface area contributed by atoms with Gasteiger partial charge in [0, 0.05) is 0 Å². The molecule has 31 atom stereocenters. The van der Waals surface area contributed by atoms with Crippen LogP contribution in [0.3, 0.4) is 0 Å². The number of carbonyl (C=O) groups excluding carboxylic acids is 1. The zero-order valence-electron chi connectivity index (χ0n) is 48.1. The number of ether oxygens (including phenoxy) is 10. The summed E-state index contributed by atoms with van der Waals surface area (Å²) < 4.78 is 60.2. The van der Waals surface area contributed by atoms with Crippen molar-refractivity contribution in [3.8, 4) is 0 Å². The minimum atomic E-state index is -1.92. The highest BCUT2D eigenvalue weighted by atomic mass is 16.8. The van der Waals surface area contributed by atoms with Crippen LogP contribution in [0.2, 0.25) is 0 Å². The van der Waals surface area contributed by atoms with E-state index in [0.29, 0.717) is 44.9 Å². The number of aliphatic hydroxyl groups is 14. The number of fused-ring (bicyclic) bond motifs is 7. The van der Waals surface area contributed by atoms with E-state index < -0.39 is 201 Å². The van der Waals surface area contributed by atoms with Crippen LogP contribution in [0.5, 0.6) is 0 Å². The first-order valence-electron chi connectivity index (χ1n) is 29.5. The van der Waals surface area contributed by atoms with E-state index in [9.17, 15) is 71.5 Å². The standard InChI is InChI=1S/C57H92O25/c1-23-42(78-46-38(68)33(63)27(60)20-73-46)37(67)41(71)48(76-23)79-43-29(62)22-75-50(44(43)80-47-39(69)34(64)28(61)21-74-47)82-51(72)57-15-13-52(2,3)17-25(57)24-9-10-32-54(6)18-26(59)45(81-49-40(70)36(66)35(65)30(19-58)77-49)53(4,5)31(54)11-12-56(32,8)55(24,7)14-16-57/h9,23,25-50,58-71H,10-22H2,1-8H3/t23-,25-,26-,27+,28+,29+,30+,31-,32+,33-,34+,35+,36-,37-,38+,39-,40+,41+,42-,43+,44-,45-,46-,47-,48-,49-,50-,54-,55+,56+,57-/m0/s1. The number of hydrogen-bond donors (Lipinski definition) is 14. The second-order valence-electron chi connectivity index (χ2n) is 27.9. The van der Waals surface area contributed by atoms with Gasteiger partial charge in [-0.15, -0.1) is 0 Å². The third-order valence-electron chi connectivity index (χ3n) is 22.3. The average Bonchev–Trinajstić information content (AvgIpc) is 2.30. The van der Waals surface area contributed by atoms with Crippen molar-refractivity contribution in [1.82, 2.24) is 0 Å². The van der Waals surface area contributed by atoms with Crippen molar-refractivity contribution in [2.45, 2.75) is 261 Å². The zero-order valence-corrected chi connectivity index (χ0v) is 48.1. The number of hydrogen-bond acceptors (Lipinski definition) is 25. The summed E-state index contributed by atoms with van der Waals surface area (Å²) in [5.74, 6) is -0.827. The molecule has 0 unspecified atom stereocenters. The number of carbonyl (C=O) groups is 1. The summed E-state index contributed by atoms with van der Waals surface area (Å²) in [5, 5.41) is 152. The van der Waals surface area contributed by atoms with Crippen LogP contribution in [0, 0.1) is 50.2 Å². The normalized spacial score (nSPS) is 54.8. The molecule has 0 aromatic heterocycles. The van der Waals surface area contributed by atoms with Crippen LogP contribution in [0.4, 0.5) is 0 Å². The highest BCUT2D eigenvalue weighted by molar-refractivity contribution is 5.79. The first-order chi connectivity index (χ1) is 38.3. The van der Waals surface area contributed by atoms with E-state index in [4.69, 9.17) is 47.4 Å². The van der Waals surface area contributed by atoms with Gasteiger partial charge in [0.05, 0.1) is 50.2 Å². The van der Waals surface area contributed by atoms with Crippen molar-refractivity contribution in [3.63, 3.8) is 0 Å². The first kappa shape index (κ1) is 63.3. The Morgan fingerprint density at radius 1 is 0.549 bits per heavy atom. The lowest BCUT2D eigenvalue weighted by Crippen LogP contribution is -2.68. The van der Waals surface area contributed by atoms with Gasteiger partial charge in [-0.05, 0) is 110 Å². The number of allylic oxidation sites excluding steroid dienone is 2. The van der Waals surface area contributed by atoms with Crippen LogP contribution in [0.15, 0.2) is 11.6 Å². The summed E-state index contributed by atoms with van der Waals surface area (Å²) in [6.07, 6.45) is -29.2. The smallest absolute Gasteiger partial charge is 0.315 e. The minimum Gasteiger partial charge on any atom is -0.432 e. The molecule has 0 radical (unpaired) electrons. The van der Waals surface area contributed by atoms with Gasteiger partial charge in [-0.1, -0.05) is 60.1 Å². The molecule has 5 aliphatic heterocycles. The third kappa shape index (κ3) is 10.5. The zero-order chi connectivity index (χ0) is 59.7. The molecule has 0 bridgehead atoms. The molecule has 10 rings (SSSR count). The lowest BCUT2D eigenvalue weighted by molar-refractivity contribution is -0.380. The van der Waals surface area contributed by atoms with Gasteiger partial charge in [0.1, 0.15) is 91.6 Å². The second-order valence-corrected chi connectivity index (χ2v) is 27.9. The van der Waals surface area contributed by atoms with Crippen molar-refractivity contribution >= 4 is 5.97 Å². The Labute approximate surface area is 477 Å². The highest BCUT2D eigenvalue weighted by Gasteiger charge is 2.71.